The van der Waals surface area contributed by atoms with Gasteiger partial charge in [0.2, 0.25) is 11.5 Å². The molecule has 0 radical (unpaired) electrons. The smallest absolute Gasteiger partial charge is 0.374 e. The first-order chi connectivity index (χ1) is 20.2. The van der Waals surface area contributed by atoms with Crippen LogP contribution in [0.2, 0.25) is 0 Å². The van der Waals surface area contributed by atoms with Crippen LogP contribution in [0.15, 0.2) is 45.6 Å². The lowest BCUT2D eigenvalue weighted by molar-refractivity contribution is -0.348. The van der Waals surface area contributed by atoms with Crippen LogP contribution in [-0.4, -0.2) is 70.3 Å². The lowest BCUT2D eigenvalue weighted by Gasteiger charge is -2.65. The standard InChI is InChI=1S/C32H42O11/c1-8-11-18(2)39-23-17-30(6,36)32-25(42-28(35)22-13-10-15-38-22)20(29(4,5)43-32)16-24(31(32,7)26(23)40-19(3)33)41-27(34)21-12-9-14-37-21/h9-10,12-15,18,20,23-26,36H,8,11,16-17H2,1-7H3/t18?,20?,23-,24-,25+,26-,30-,31+,32?/m0/s1. The number of furan rings is 2. The molecule has 1 N–H and O–H groups in total. The molecule has 2 bridgehead atoms. The van der Waals surface area contributed by atoms with E-state index < -0.39 is 70.5 Å². The van der Waals surface area contributed by atoms with E-state index in [1.165, 1.54) is 31.6 Å². The van der Waals surface area contributed by atoms with Gasteiger partial charge in [0.15, 0.2) is 0 Å². The number of esters is 3. The van der Waals surface area contributed by atoms with Gasteiger partial charge in [-0.25, -0.2) is 9.59 Å². The summed E-state index contributed by atoms with van der Waals surface area (Å²) < 4.78 is 42.5. The first-order valence-corrected chi connectivity index (χ1v) is 14.9. The molecule has 11 heteroatoms. The first kappa shape index (κ1) is 31.3. The third-order valence-electron chi connectivity index (χ3n) is 9.67. The van der Waals surface area contributed by atoms with E-state index in [4.69, 9.17) is 32.5 Å². The average molecular weight is 603 g/mol. The maximum absolute atomic E-state index is 13.4. The molecule has 2 aromatic rings. The maximum atomic E-state index is 13.4. The minimum atomic E-state index is -1.72. The van der Waals surface area contributed by atoms with Crippen molar-refractivity contribution in [3.8, 4) is 0 Å². The molecule has 3 unspecified atom stereocenters. The number of rotatable bonds is 9. The second kappa shape index (κ2) is 11.1. The van der Waals surface area contributed by atoms with Gasteiger partial charge in [-0.15, -0.1) is 0 Å². The Labute approximate surface area is 251 Å². The molecule has 2 aliphatic carbocycles. The summed E-state index contributed by atoms with van der Waals surface area (Å²) in [5.41, 5.74) is -5.87. The highest BCUT2D eigenvalue weighted by Gasteiger charge is 2.84. The Morgan fingerprint density at radius 3 is 2.12 bits per heavy atom. The number of hydrogen-bond donors (Lipinski definition) is 1. The molecule has 1 aliphatic heterocycles. The fraction of sp³-hybridized carbons (Fsp3) is 0.656. The van der Waals surface area contributed by atoms with Crippen LogP contribution in [0, 0.1) is 11.3 Å². The molecule has 3 fully saturated rings. The van der Waals surface area contributed by atoms with Gasteiger partial charge >= 0.3 is 17.9 Å². The zero-order valence-electron chi connectivity index (χ0n) is 25.8. The van der Waals surface area contributed by atoms with Gasteiger partial charge in [0, 0.05) is 19.3 Å². The summed E-state index contributed by atoms with van der Waals surface area (Å²) in [5.74, 6) is -2.59. The summed E-state index contributed by atoms with van der Waals surface area (Å²) in [6, 6.07) is 6.13. The fourth-order valence-corrected chi connectivity index (χ4v) is 7.92. The van der Waals surface area contributed by atoms with Crippen molar-refractivity contribution in [1.82, 2.24) is 0 Å². The number of fused-ring (bicyclic) bond motifs is 1. The van der Waals surface area contributed by atoms with Crippen LogP contribution in [-0.2, 0) is 28.5 Å². The van der Waals surface area contributed by atoms with Gasteiger partial charge in [-0.1, -0.05) is 13.3 Å². The SMILES string of the molecule is CCCC(C)O[C@H]1C[C@](C)(O)C23OC(C)(C)C(C[C@H](OC(=O)c4ccco4)[C@]2(C)[C@H]1OC(C)=O)[C@H]3OC(=O)c1ccco1. The lowest BCUT2D eigenvalue weighted by Crippen LogP contribution is -2.81. The maximum Gasteiger partial charge on any atom is 0.374 e. The van der Waals surface area contributed by atoms with Gasteiger partial charge in [-0.05, 0) is 71.7 Å². The highest BCUT2D eigenvalue weighted by molar-refractivity contribution is 5.87. The molecule has 1 saturated heterocycles. The molecule has 236 valence electrons. The first-order valence-electron chi connectivity index (χ1n) is 14.9. The number of ether oxygens (including phenoxy) is 5. The third kappa shape index (κ3) is 4.99. The summed E-state index contributed by atoms with van der Waals surface area (Å²) in [6.45, 7) is 12.3. The summed E-state index contributed by atoms with van der Waals surface area (Å²) in [7, 11) is 0. The van der Waals surface area contributed by atoms with Gasteiger partial charge in [0.1, 0.15) is 23.9 Å². The molecule has 11 nitrogen and oxygen atoms in total. The highest BCUT2D eigenvalue weighted by Crippen LogP contribution is 2.69. The van der Waals surface area contributed by atoms with Crippen LogP contribution in [0.5, 0.6) is 0 Å². The minimum Gasteiger partial charge on any atom is -0.459 e. The van der Waals surface area contributed by atoms with Gasteiger partial charge in [0.05, 0.1) is 41.4 Å². The summed E-state index contributed by atoms with van der Waals surface area (Å²) in [6.07, 6.45) is 0.392. The Kier molecular flexibility index (Phi) is 8.07. The summed E-state index contributed by atoms with van der Waals surface area (Å²) >= 11 is 0. The van der Waals surface area contributed by atoms with E-state index in [9.17, 15) is 19.5 Å². The topological polar surface area (TPSA) is 144 Å². The molecule has 2 aromatic heterocycles. The summed E-state index contributed by atoms with van der Waals surface area (Å²) in [4.78, 5) is 39.5. The molecule has 1 spiro atoms. The van der Waals surface area contributed by atoms with Crippen molar-refractivity contribution in [2.45, 2.75) is 121 Å². The van der Waals surface area contributed by atoms with Crippen molar-refractivity contribution in [2.75, 3.05) is 0 Å². The van der Waals surface area contributed by atoms with Gasteiger partial charge in [-0.2, -0.15) is 0 Å². The monoisotopic (exact) mass is 602 g/mol. The van der Waals surface area contributed by atoms with Crippen LogP contribution >= 0.6 is 0 Å². The van der Waals surface area contributed by atoms with Crippen molar-refractivity contribution >= 4 is 17.9 Å². The van der Waals surface area contributed by atoms with E-state index in [1.807, 2.05) is 27.7 Å². The Morgan fingerprint density at radius 2 is 1.58 bits per heavy atom. The van der Waals surface area contributed by atoms with Gasteiger partial charge in [-0.3, -0.25) is 4.79 Å². The summed E-state index contributed by atoms with van der Waals surface area (Å²) in [5, 5.41) is 12.5. The Hall–Kier alpha value is -3.15. The second-order valence-electron chi connectivity index (χ2n) is 13.0. The minimum absolute atomic E-state index is 0.00693. The van der Waals surface area contributed by atoms with Crippen LogP contribution in [0.4, 0.5) is 0 Å². The quantitative estimate of drug-likeness (QED) is 0.310. The zero-order chi connectivity index (χ0) is 31.4. The van der Waals surface area contributed by atoms with Crippen LogP contribution in [0.3, 0.4) is 0 Å². The number of aliphatic hydroxyl groups is 1. The molecule has 5 rings (SSSR count). The molecule has 0 aromatic carbocycles. The molecule has 3 heterocycles. The molecular weight excluding hydrogens is 560 g/mol. The van der Waals surface area contributed by atoms with Crippen molar-refractivity contribution in [3.05, 3.63) is 48.3 Å². The third-order valence-corrected chi connectivity index (χ3v) is 9.67. The van der Waals surface area contributed by atoms with E-state index in [2.05, 4.69) is 0 Å². The number of carbonyl (C=O) groups is 3. The van der Waals surface area contributed by atoms with Crippen molar-refractivity contribution in [2.24, 2.45) is 11.3 Å². The van der Waals surface area contributed by atoms with E-state index in [0.29, 0.717) is 0 Å². The zero-order valence-corrected chi connectivity index (χ0v) is 25.8. The molecule has 9 atom stereocenters. The Bertz CT molecular complexity index is 1310. The molecule has 0 amide bonds. The fourth-order valence-electron chi connectivity index (χ4n) is 7.92. The van der Waals surface area contributed by atoms with Crippen molar-refractivity contribution < 1.29 is 52.0 Å². The molecule has 43 heavy (non-hydrogen) atoms. The van der Waals surface area contributed by atoms with Crippen molar-refractivity contribution in [1.29, 1.82) is 0 Å². The second-order valence-corrected chi connectivity index (χ2v) is 13.0. The van der Waals surface area contributed by atoms with E-state index >= 15 is 0 Å². The number of carbonyl (C=O) groups excluding carboxylic acids is 3. The predicted molar refractivity (Wildman–Crippen MR) is 150 cm³/mol. The van der Waals surface area contributed by atoms with E-state index in [0.717, 1.165) is 12.8 Å². The van der Waals surface area contributed by atoms with E-state index in [-0.39, 0.29) is 30.5 Å². The van der Waals surface area contributed by atoms with Crippen LogP contribution in [0.25, 0.3) is 0 Å². The van der Waals surface area contributed by atoms with Crippen LogP contribution < -0.4 is 0 Å². The average Bonchev–Trinajstić information content (AvgIpc) is 3.66. The highest BCUT2D eigenvalue weighted by atomic mass is 16.6. The number of hydrogen-bond acceptors (Lipinski definition) is 11. The van der Waals surface area contributed by atoms with Crippen molar-refractivity contribution in [3.63, 3.8) is 0 Å². The normalized spacial score (nSPS) is 36.8. The van der Waals surface area contributed by atoms with Gasteiger partial charge < -0.3 is 37.6 Å². The lowest BCUT2D eigenvalue weighted by atomic mass is 9.47. The molecule has 2 saturated carbocycles. The Morgan fingerprint density at radius 1 is 0.977 bits per heavy atom. The van der Waals surface area contributed by atoms with Gasteiger partial charge in [0.25, 0.3) is 0 Å². The Balaban J connectivity index is 1.69. The largest absolute Gasteiger partial charge is 0.459 e. The van der Waals surface area contributed by atoms with Crippen LogP contribution in [0.1, 0.15) is 95.3 Å². The van der Waals surface area contributed by atoms with E-state index in [1.54, 1.807) is 26.0 Å². The molecule has 3 aliphatic rings. The molecular formula is C32H42O11. The predicted octanol–water partition coefficient (Wildman–Crippen LogP) is 4.86.